The van der Waals surface area contributed by atoms with Crippen LogP contribution in [0.4, 0.5) is 8.63 Å². The number of aromatic nitrogens is 1. The molecule has 1 aliphatic heterocycles. The Hall–Kier alpha value is -5.17. The van der Waals surface area contributed by atoms with E-state index >= 15 is 8.63 Å². The molecule has 0 radical (unpaired) electrons. The third-order valence-corrected chi connectivity index (χ3v) is 9.04. The van der Waals surface area contributed by atoms with Gasteiger partial charge in [-0.25, -0.2) is 4.99 Å². The van der Waals surface area contributed by atoms with Crippen molar-refractivity contribution in [3.63, 3.8) is 0 Å². The number of allylic oxidation sites excluding steroid dienone is 2. The lowest BCUT2D eigenvalue weighted by molar-refractivity contribution is 0.415. The van der Waals surface area contributed by atoms with Gasteiger partial charge in [0.15, 0.2) is 0 Å². The Morgan fingerprint density at radius 3 is 1.78 bits per heavy atom. The second-order valence-electron chi connectivity index (χ2n) is 14.4. The maximum absolute atomic E-state index is 15.3. The van der Waals surface area contributed by atoms with Crippen LogP contribution in [0, 0.1) is 0 Å². The number of halogens is 2. The number of aromatic hydroxyl groups is 1. The largest absolute Gasteiger partial charge is 0.678 e. The van der Waals surface area contributed by atoms with Crippen molar-refractivity contribution in [2.45, 2.75) is 52.4 Å². The molecule has 1 aliphatic rings. The number of ether oxygens (including phenoxy) is 1. The highest BCUT2D eigenvalue weighted by atomic mass is 19.2. The average molecular weight is 655 g/mol. The number of para-hydroxylation sites is 1. The Kier molecular flexibility index (Phi) is 8.97. The molecule has 7 heteroatoms. The number of phenols is 1. The molecule has 0 fully saturated rings. The third kappa shape index (κ3) is 6.75. The van der Waals surface area contributed by atoms with Crippen LogP contribution in [-0.4, -0.2) is 29.8 Å². The summed E-state index contributed by atoms with van der Waals surface area (Å²) >= 11 is 0. The molecule has 6 rings (SSSR count). The Bertz CT molecular complexity index is 2080. The summed E-state index contributed by atoms with van der Waals surface area (Å²) in [6.07, 6.45) is 2.02. The summed E-state index contributed by atoms with van der Waals surface area (Å²) in [6, 6.07) is 33.9. The van der Waals surface area contributed by atoms with E-state index in [0.717, 1.165) is 21.2 Å². The predicted molar refractivity (Wildman–Crippen MR) is 199 cm³/mol. The van der Waals surface area contributed by atoms with E-state index in [0.29, 0.717) is 39.6 Å². The van der Waals surface area contributed by atoms with Gasteiger partial charge in [0.25, 0.3) is 0 Å². The lowest BCUT2D eigenvalue weighted by Gasteiger charge is -2.20. The number of hydrogen-bond donors (Lipinski definition) is 1. The van der Waals surface area contributed by atoms with E-state index in [1.165, 1.54) is 11.1 Å². The van der Waals surface area contributed by atoms with Crippen LogP contribution in [0.5, 0.6) is 11.5 Å². The molecule has 0 bridgehead atoms. The van der Waals surface area contributed by atoms with Gasteiger partial charge in [0.05, 0.1) is 18.5 Å². The monoisotopic (exact) mass is 654 g/mol. The highest BCUT2D eigenvalue weighted by Crippen LogP contribution is 2.43. The number of benzene rings is 4. The summed E-state index contributed by atoms with van der Waals surface area (Å²) in [5.41, 5.74) is 8.10. The number of rotatable bonds is 7. The molecular formula is C42H41BF2N2O2. The van der Waals surface area contributed by atoms with Gasteiger partial charge in [-0.05, 0) is 81.6 Å². The number of phenolic OH excluding ortho intramolecular Hbond substituents is 1. The summed E-state index contributed by atoms with van der Waals surface area (Å²) < 4.78 is 36.9. The molecule has 5 aromatic rings. The molecule has 0 aliphatic carbocycles. The van der Waals surface area contributed by atoms with Gasteiger partial charge in [-0.3, -0.25) is 8.63 Å². The first-order valence-electron chi connectivity index (χ1n) is 16.5. The van der Waals surface area contributed by atoms with Gasteiger partial charge in [-0.2, -0.15) is 0 Å². The van der Waals surface area contributed by atoms with E-state index in [2.05, 4.69) is 90.1 Å². The van der Waals surface area contributed by atoms with Crippen molar-refractivity contribution in [1.29, 1.82) is 0 Å². The van der Waals surface area contributed by atoms with E-state index in [4.69, 9.17) is 9.73 Å². The van der Waals surface area contributed by atoms with E-state index in [1.54, 1.807) is 67.8 Å². The van der Waals surface area contributed by atoms with Crippen LogP contribution in [0.25, 0.3) is 22.4 Å². The van der Waals surface area contributed by atoms with Crippen LogP contribution in [0.15, 0.2) is 126 Å². The minimum absolute atomic E-state index is 0.0167. The van der Waals surface area contributed by atoms with Gasteiger partial charge < -0.3 is 14.3 Å². The van der Waals surface area contributed by atoms with Crippen molar-refractivity contribution in [3.05, 3.63) is 154 Å². The second-order valence-corrected chi connectivity index (χ2v) is 14.4. The molecule has 0 saturated carbocycles. The molecule has 0 amide bonds. The van der Waals surface area contributed by atoms with Crippen molar-refractivity contribution in [1.82, 2.24) is 4.48 Å². The molecule has 1 N–H and O–H groups in total. The SMILES string of the molecule is COc1ccc(-c2ccc(/C(=C3\N=C(c4ccc(C(C)(C)C)cc4)C=C3c3ccc(C(C)(C)C)cc3)c3ccccc3O)n2B(F)F)cc1. The Balaban J connectivity index is 1.64. The van der Waals surface area contributed by atoms with Gasteiger partial charge in [-0.1, -0.05) is 108 Å². The van der Waals surface area contributed by atoms with E-state index in [9.17, 15) is 5.11 Å². The van der Waals surface area contributed by atoms with E-state index in [-0.39, 0.29) is 22.3 Å². The van der Waals surface area contributed by atoms with Gasteiger partial charge in [-0.15, -0.1) is 0 Å². The molecule has 1 aromatic heterocycles. The first-order chi connectivity index (χ1) is 23.3. The molecule has 4 aromatic carbocycles. The number of nitrogens with zero attached hydrogens (tertiary/aromatic N) is 2. The molecule has 0 saturated heterocycles. The fourth-order valence-electron chi connectivity index (χ4n) is 6.20. The summed E-state index contributed by atoms with van der Waals surface area (Å²) in [5, 5.41) is 11.3. The molecule has 4 nitrogen and oxygen atoms in total. The van der Waals surface area contributed by atoms with Crippen LogP contribution >= 0.6 is 0 Å². The number of methoxy groups -OCH3 is 1. The molecule has 2 heterocycles. The zero-order valence-electron chi connectivity index (χ0n) is 29.1. The van der Waals surface area contributed by atoms with Gasteiger partial charge in [0, 0.05) is 33.7 Å². The van der Waals surface area contributed by atoms with Crippen molar-refractivity contribution < 1.29 is 18.5 Å². The molecule has 0 atom stereocenters. The molecule has 0 spiro atoms. The number of aliphatic imine (C=N–C) groups is 1. The van der Waals surface area contributed by atoms with Crippen LogP contribution < -0.4 is 4.74 Å². The zero-order valence-corrected chi connectivity index (χ0v) is 29.1. The normalized spacial score (nSPS) is 14.4. The van der Waals surface area contributed by atoms with E-state index < -0.39 is 7.40 Å². The molecule has 248 valence electrons. The van der Waals surface area contributed by atoms with Gasteiger partial charge >= 0.3 is 7.40 Å². The maximum Gasteiger partial charge on any atom is 0.678 e. The highest BCUT2D eigenvalue weighted by molar-refractivity contribution is 6.42. The fourth-order valence-corrected chi connectivity index (χ4v) is 6.20. The Labute approximate surface area is 288 Å². The van der Waals surface area contributed by atoms with Crippen molar-refractivity contribution in [3.8, 4) is 22.8 Å². The Morgan fingerprint density at radius 1 is 0.694 bits per heavy atom. The smallest absolute Gasteiger partial charge is 0.507 e. The van der Waals surface area contributed by atoms with Crippen LogP contribution in [-0.2, 0) is 10.8 Å². The average Bonchev–Trinajstić information content (AvgIpc) is 3.71. The van der Waals surface area contributed by atoms with Crippen LogP contribution in [0.3, 0.4) is 0 Å². The van der Waals surface area contributed by atoms with Crippen molar-refractivity contribution in [2.24, 2.45) is 4.99 Å². The quantitative estimate of drug-likeness (QED) is 0.178. The molecule has 0 unspecified atom stereocenters. The summed E-state index contributed by atoms with van der Waals surface area (Å²) in [5.74, 6) is 0.602. The first kappa shape index (κ1) is 33.7. The Morgan fingerprint density at radius 2 is 1.24 bits per heavy atom. The maximum atomic E-state index is 15.3. The minimum atomic E-state index is -2.88. The summed E-state index contributed by atoms with van der Waals surface area (Å²) in [7, 11) is -1.31. The topological polar surface area (TPSA) is 46.8 Å². The third-order valence-electron chi connectivity index (χ3n) is 9.04. The minimum Gasteiger partial charge on any atom is -0.507 e. The van der Waals surface area contributed by atoms with Crippen LogP contribution in [0.1, 0.15) is 75.1 Å². The van der Waals surface area contributed by atoms with E-state index in [1.807, 2.05) is 6.08 Å². The first-order valence-corrected chi connectivity index (χ1v) is 16.5. The van der Waals surface area contributed by atoms with Crippen molar-refractivity contribution >= 4 is 24.3 Å². The van der Waals surface area contributed by atoms with Crippen LogP contribution in [0.2, 0.25) is 0 Å². The van der Waals surface area contributed by atoms with Gasteiger partial charge in [0.1, 0.15) is 11.5 Å². The molecular weight excluding hydrogens is 613 g/mol. The van der Waals surface area contributed by atoms with Gasteiger partial charge in [0.2, 0.25) is 0 Å². The predicted octanol–water partition coefficient (Wildman–Crippen LogP) is 10.6. The zero-order chi connectivity index (χ0) is 35.1. The lowest BCUT2D eigenvalue weighted by Crippen LogP contribution is -2.18. The number of hydrogen-bond acceptors (Lipinski definition) is 3. The standard InChI is InChI=1S/C42H41BF2N2O2/c1-41(2,3)30-18-12-27(13-19-30)34-26-35(28-14-20-31(21-15-28)42(4,5)6)46-40(34)39(33-10-8-9-11-38(33)48)37-25-24-36(47(37)43(44)45)29-16-22-32(49-7)23-17-29/h8-26,48H,1-7H3/b40-39-. The fraction of sp³-hybridized carbons (Fsp3) is 0.214. The highest BCUT2D eigenvalue weighted by Gasteiger charge is 2.31. The summed E-state index contributed by atoms with van der Waals surface area (Å²) in [4.78, 5) is 5.20. The lowest BCUT2D eigenvalue weighted by atomic mass is 9.85. The summed E-state index contributed by atoms with van der Waals surface area (Å²) in [6.45, 7) is 13.0. The second kappa shape index (κ2) is 13.0. The van der Waals surface area contributed by atoms with Crippen molar-refractivity contribution in [2.75, 3.05) is 7.11 Å². The molecule has 49 heavy (non-hydrogen) atoms.